The van der Waals surface area contributed by atoms with Crippen molar-refractivity contribution in [1.29, 1.82) is 0 Å². The van der Waals surface area contributed by atoms with Gasteiger partial charge in [0, 0.05) is 17.8 Å². The number of aryl methyl sites for hydroxylation is 3. The zero-order valence-electron chi connectivity index (χ0n) is 21.6. The number of hydrogen-bond acceptors (Lipinski definition) is 7. The van der Waals surface area contributed by atoms with Crippen molar-refractivity contribution in [1.82, 2.24) is 15.0 Å². The molecule has 36 heavy (non-hydrogen) atoms. The average molecular weight is 488 g/mol. The number of benzene rings is 1. The Bertz CT molecular complexity index is 1290. The van der Waals surface area contributed by atoms with Gasteiger partial charge in [-0.1, -0.05) is 19.1 Å². The molecule has 0 amide bonds. The topological polar surface area (TPSA) is 83.4 Å². The quantitative estimate of drug-likeness (QED) is 0.405. The number of fused-ring (bicyclic) bond motifs is 1. The van der Waals surface area contributed by atoms with Crippen LogP contribution in [0.3, 0.4) is 0 Å². The van der Waals surface area contributed by atoms with Crippen LogP contribution in [-0.4, -0.2) is 35.1 Å². The Kier molecular flexibility index (Phi) is 6.65. The number of esters is 1. The van der Waals surface area contributed by atoms with Crippen LogP contribution in [0.15, 0.2) is 36.7 Å². The van der Waals surface area contributed by atoms with Crippen LogP contribution in [0.2, 0.25) is 0 Å². The first-order valence-corrected chi connectivity index (χ1v) is 12.6. The summed E-state index contributed by atoms with van der Waals surface area (Å²) in [6, 6.07) is 8.34. The van der Waals surface area contributed by atoms with E-state index in [9.17, 15) is 4.79 Å². The van der Waals surface area contributed by atoms with E-state index in [1.807, 2.05) is 26.8 Å². The van der Waals surface area contributed by atoms with Gasteiger partial charge in [-0.15, -0.1) is 0 Å². The van der Waals surface area contributed by atoms with Crippen LogP contribution in [0.1, 0.15) is 66.3 Å². The van der Waals surface area contributed by atoms with E-state index in [1.54, 1.807) is 19.5 Å². The second-order valence-electron chi connectivity index (χ2n) is 9.95. The number of hydrogen-bond donors (Lipinski definition) is 0. The van der Waals surface area contributed by atoms with E-state index in [2.05, 4.69) is 23.2 Å². The van der Waals surface area contributed by atoms with Gasteiger partial charge in [-0.05, 0) is 74.1 Å². The minimum atomic E-state index is -0.184. The van der Waals surface area contributed by atoms with Crippen molar-refractivity contribution in [2.24, 2.45) is 11.8 Å². The van der Waals surface area contributed by atoms with Gasteiger partial charge in [0.25, 0.3) is 0 Å². The Labute approximate surface area is 212 Å². The number of carbonyl (C=O) groups is 1. The molecule has 7 heteroatoms. The molecule has 3 aromatic rings. The number of pyridine rings is 1. The van der Waals surface area contributed by atoms with Crippen molar-refractivity contribution in [3.63, 3.8) is 0 Å². The van der Waals surface area contributed by atoms with Gasteiger partial charge < -0.3 is 14.2 Å². The van der Waals surface area contributed by atoms with Crippen molar-refractivity contribution in [2.45, 2.75) is 58.5 Å². The van der Waals surface area contributed by atoms with E-state index < -0.39 is 0 Å². The fourth-order valence-electron chi connectivity index (χ4n) is 5.37. The lowest BCUT2D eigenvalue weighted by molar-refractivity contribution is -0.145. The molecule has 188 valence electrons. The maximum absolute atomic E-state index is 12.3. The predicted octanol–water partition coefficient (Wildman–Crippen LogP) is 5.53. The zero-order chi connectivity index (χ0) is 25.4. The number of methoxy groups -OCH3 is 2. The van der Waals surface area contributed by atoms with Gasteiger partial charge >= 0.3 is 5.97 Å². The monoisotopic (exact) mass is 487 g/mol. The molecule has 2 aromatic heterocycles. The molecule has 3 atom stereocenters. The molecule has 0 saturated heterocycles. The van der Waals surface area contributed by atoms with Crippen molar-refractivity contribution < 1.29 is 19.0 Å². The van der Waals surface area contributed by atoms with E-state index in [1.165, 1.54) is 12.7 Å². The standard InChI is InChI=1S/C29H33N3O4/c1-16-14-30-26(34-4)13-22(16)23-15-31-28(18(3)32-23)24-11-10-19-6-9-21(12-25(19)36-24)27(20-7-8-20)17(2)29(33)35-5/h6,9,12-15,17,20,24,27H,7-8,10-11H2,1-5H3/t17-,24?,27-/m0/s1. The van der Waals surface area contributed by atoms with Gasteiger partial charge in [0.15, 0.2) is 0 Å². The molecule has 0 spiro atoms. The summed E-state index contributed by atoms with van der Waals surface area (Å²) >= 11 is 0. The largest absolute Gasteiger partial charge is 0.484 e. The van der Waals surface area contributed by atoms with Gasteiger partial charge in [-0.2, -0.15) is 0 Å². The molecule has 1 fully saturated rings. The summed E-state index contributed by atoms with van der Waals surface area (Å²) in [4.78, 5) is 26.2. The molecule has 0 bridgehead atoms. The van der Waals surface area contributed by atoms with Crippen molar-refractivity contribution in [2.75, 3.05) is 14.2 Å². The van der Waals surface area contributed by atoms with Crippen molar-refractivity contribution >= 4 is 5.97 Å². The fourth-order valence-corrected chi connectivity index (χ4v) is 5.37. The minimum Gasteiger partial charge on any atom is -0.484 e. The van der Waals surface area contributed by atoms with Gasteiger partial charge in [0.1, 0.15) is 17.5 Å². The second kappa shape index (κ2) is 9.88. The molecule has 2 aliphatic rings. The highest BCUT2D eigenvalue weighted by Gasteiger charge is 2.39. The molecule has 1 unspecified atom stereocenters. The number of aromatic nitrogens is 3. The van der Waals surface area contributed by atoms with Crippen molar-refractivity contribution in [3.05, 3.63) is 64.7 Å². The Morgan fingerprint density at radius 2 is 1.89 bits per heavy atom. The zero-order valence-corrected chi connectivity index (χ0v) is 21.6. The molecule has 1 aliphatic heterocycles. The molecule has 7 nitrogen and oxygen atoms in total. The minimum absolute atomic E-state index is 0.146. The van der Waals surface area contributed by atoms with Crippen molar-refractivity contribution in [3.8, 4) is 22.9 Å². The van der Waals surface area contributed by atoms with Crippen LogP contribution in [0.5, 0.6) is 11.6 Å². The highest BCUT2D eigenvalue weighted by molar-refractivity contribution is 5.73. The highest BCUT2D eigenvalue weighted by atomic mass is 16.5. The summed E-state index contributed by atoms with van der Waals surface area (Å²) < 4.78 is 16.9. The van der Waals surface area contributed by atoms with Crippen LogP contribution in [0.4, 0.5) is 0 Å². The van der Waals surface area contributed by atoms with Crippen LogP contribution < -0.4 is 9.47 Å². The molecule has 0 radical (unpaired) electrons. The summed E-state index contributed by atoms with van der Waals surface area (Å²) in [6.07, 6.45) is 7.47. The van der Waals surface area contributed by atoms with E-state index in [-0.39, 0.29) is 23.9 Å². The number of nitrogens with zero attached hydrogens (tertiary/aromatic N) is 3. The fraction of sp³-hybridized carbons (Fsp3) is 0.448. The second-order valence-corrected chi connectivity index (χ2v) is 9.95. The Balaban J connectivity index is 1.40. The van der Waals surface area contributed by atoms with Crippen LogP contribution in [0, 0.1) is 25.7 Å². The average Bonchev–Trinajstić information content (AvgIpc) is 3.73. The van der Waals surface area contributed by atoms with Crippen LogP contribution in [-0.2, 0) is 16.0 Å². The summed E-state index contributed by atoms with van der Waals surface area (Å²) in [5.41, 5.74) is 6.80. The number of ether oxygens (including phenoxy) is 3. The smallest absolute Gasteiger partial charge is 0.309 e. The van der Waals surface area contributed by atoms with Gasteiger partial charge in [-0.25, -0.2) is 9.97 Å². The normalized spacial score (nSPS) is 18.5. The lowest BCUT2D eigenvalue weighted by atomic mass is 9.82. The number of rotatable bonds is 7. The maximum Gasteiger partial charge on any atom is 0.309 e. The Morgan fingerprint density at radius 1 is 1.08 bits per heavy atom. The highest BCUT2D eigenvalue weighted by Crippen LogP contribution is 2.48. The Hall–Kier alpha value is -3.48. The van der Waals surface area contributed by atoms with Crippen LogP contribution >= 0.6 is 0 Å². The van der Waals surface area contributed by atoms with E-state index in [4.69, 9.17) is 24.2 Å². The molecule has 0 N–H and O–H groups in total. The lowest BCUT2D eigenvalue weighted by Crippen LogP contribution is -2.23. The first-order chi connectivity index (χ1) is 17.4. The van der Waals surface area contributed by atoms with Gasteiger partial charge in [0.2, 0.25) is 5.88 Å². The molecule has 1 saturated carbocycles. The third kappa shape index (κ3) is 4.66. The van der Waals surface area contributed by atoms with Gasteiger partial charge in [0.05, 0.1) is 37.7 Å². The summed E-state index contributed by atoms with van der Waals surface area (Å²) in [5.74, 6) is 1.76. The van der Waals surface area contributed by atoms with E-state index >= 15 is 0 Å². The third-order valence-corrected chi connectivity index (χ3v) is 7.52. The molecular weight excluding hydrogens is 454 g/mol. The summed E-state index contributed by atoms with van der Waals surface area (Å²) in [5, 5.41) is 0. The van der Waals surface area contributed by atoms with E-state index in [0.717, 1.165) is 65.2 Å². The number of carbonyl (C=O) groups excluding carboxylic acids is 1. The van der Waals surface area contributed by atoms with Crippen LogP contribution in [0.25, 0.3) is 11.3 Å². The molecule has 3 heterocycles. The third-order valence-electron chi connectivity index (χ3n) is 7.52. The molecule has 1 aliphatic carbocycles. The summed E-state index contributed by atoms with van der Waals surface area (Å²) in [7, 11) is 3.07. The molecule has 5 rings (SSSR count). The predicted molar refractivity (Wildman–Crippen MR) is 136 cm³/mol. The lowest BCUT2D eigenvalue weighted by Gasteiger charge is -2.29. The molecular formula is C29H33N3O4. The maximum atomic E-state index is 12.3. The van der Waals surface area contributed by atoms with E-state index in [0.29, 0.717) is 11.8 Å². The first-order valence-electron chi connectivity index (χ1n) is 12.6. The Morgan fingerprint density at radius 3 is 2.58 bits per heavy atom. The SMILES string of the molecule is COC(=O)[C@@H](C)[C@H](c1ccc2c(c1)OC(c1ncc(-c3cc(OC)ncc3C)nc1C)CC2)C1CC1. The van der Waals surface area contributed by atoms with Gasteiger partial charge in [-0.3, -0.25) is 9.78 Å². The summed E-state index contributed by atoms with van der Waals surface area (Å²) in [6.45, 7) is 5.95. The first kappa shape index (κ1) is 24.2. The molecule has 1 aromatic carbocycles.